The first-order chi connectivity index (χ1) is 23.2. The van der Waals surface area contributed by atoms with Crippen molar-refractivity contribution in [3.8, 4) is 11.5 Å². The Labute approximate surface area is 277 Å². The SMILES string of the molecule is C=CCOC(=O)c1cc(COC(=O)Oc2ccc([N+](=O)[O-])cc2)ccc1OC1O[C@H](C(=O)OC)[C@@H](OC(C)=O)C(OC(C)=O)[C@H]1OC(C)=O. The number of carbonyl (C=O) groups is 6. The Kier molecular flexibility index (Phi) is 13.1. The van der Waals surface area contributed by atoms with Crippen LogP contribution in [-0.4, -0.2) is 85.3 Å². The molecule has 2 aromatic rings. The largest absolute Gasteiger partial charge is 0.514 e. The van der Waals surface area contributed by atoms with E-state index in [0.717, 1.165) is 40.0 Å². The smallest absolute Gasteiger partial charge is 0.467 e. The van der Waals surface area contributed by atoms with Crippen LogP contribution in [0.5, 0.6) is 11.5 Å². The molecule has 1 aliphatic rings. The Morgan fingerprint density at radius 2 is 1.49 bits per heavy atom. The van der Waals surface area contributed by atoms with E-state index < -0.39 is 78.2 Å². The van der Waals surface area contributed by atoms with Crippen molar-refractivity contribution in [2.45, 2.75) is 58.1 Å². The van der Waals surface area contributed by atoms with Crippen LogP contribution in [0.1, 0.15) is 36.7 Å². The van der Waals surface area contributed by atoms with Crippen molar-refractivity contribution >= 4 is 41.7 Å². The highest BCUT2D eigenvalue weighted by molar-refractivity contribution is 5.93. The monoisotopic (exact) mass is 689 g/mol. The van der Waals surface area contributed by atoms with Gasteiger partial charge in [0.05, 0.1) is 12.0 Å². The lowest BCUT2D eigenvalue weighted by Crippen LogP contribution is -2.64. The van der Waals surface area contributed by atoms with Gasteiger partial charge in [0.2, 0.25) is 12.4 Å². The van der Waals surface area contributed by atoms with Crippen molar-refractivity contribution < 1.29 is 76.3 Å². The summed E-state index contributed by atoms with van der Waals surface area (Å²) < 4.78 is 47.6. The predicted molar refractivity (Wildman–Crippen MR) is 159 cm³/mol. The van der Waals surface area contributed by atoms with Crippen LogP contribution >= 0.6 is 0 Å². The minimum Gasteiger partial charge on any atom is -0.467 e. The number of benzene rings is 2. The number of nitro groups is 1. The highest BCUT2D eigenvalue weighted by Crippen LogP contribution is 2.33. The molecule has 2 unspecified atom stereocenters. The van der Waals surface area contributed by atoms with Crippen molar-refractivity contribution in [3.63, 3.8) is 0 Å². The molecule has 0 saturated carbocycles. The van der Waals surface area contributed by atoms with Gasteiger partial charge in [-0.25, -0.2) is 14.4 Å². The molecule has 2 aromatic carbocycles. The molecule has 3 rings (SSSR count). The summed E-state index contributed by atoms with van der Waals surface area (Å²) in [6, 6.07) is 8.48. The predicted octanol–water partition coefficient (Wildman–Crippen LogP) is 2.73. The van der Waals surface area contributed by atoms with Gasteiger partial charge in [0.15, 0.2) is 18.3 Å². The third kappa shape index (κ3) is 10.5. The highest BCUT2D eigenvalue weighted by atomic mass is 16.7. The highest BCUT2D eigenvalue weighted by Gasteiger charge is 2.56. The van der Waals surface area contributed by atoms with Crippen molar-refractivity contribution in [3.05, 3.63) is 76.4 Å². The molecule has 1 fully saturated rings. The average molecular weight is 690 g/mol. The summed E-state index contributed by atoms with van der Waals surface area (Å²) in [7, 11) is 1.02. The molecule has 0 aromatic heterocycles. The summed E-state index contributed by atoms with van der Waals surface area (Å²) in [5.41, 5.74) is -0.263. The van der Waals surface area contributed by atoms with E-state index >= 15 is 0 Å². The Bertz CT molecular complexity index is 1590. The summed E-state index contributed by atoms with van der Waals surface area (Å²) in [6.45, 7) is 5.88. The Morgan fingerprint density at radius 3 is 2.06 bits per heavy atom. The van der Waals surface area contributed by atoms with Crippen molar-refractivity contribution in [2.24, 2.45) is 0 Å². The average Bonchev–Trinajstić information content (AvgIpc) is 3.04. The Hall–Kier alpha value is -6.04. The number of carbonyl (C=O) groups excluding carboxylic acids is 6. The van der Waals surface area contributed by atoms with Gasteiger partial charge in [-0.05, 0) is 29.8 Å². The number of methoxy groups -OCH3 is 1. The number of rotatable bonds is 13. The maximum absolute atomic E-state index is 13.1. The zero-order valence-corrected chi connectivity index (χ0v) is 26.5. The van der Waals surface area contributed by atoms with Crippen LogP contribution in [0.4, 0.5) is 10.5 Å². The van der Waals surface area contributed by atoms with Crippen LogP contribution in [0.15, 0.2) is 55.1 Å². The van der Waals surface area contributed by atoms with Gasteiger partial charge >= 0.3 is 36.0 Å². The molecule has 1 saturated heterocycles. The number of hydrogen-bond donors (Lipinski definition) is 0. The first-order valence-electron chi connectivity index (χ1n) is 14.2. The molecule has 5 atom stereocenters. The first-order valence-corrected chi connectivity index (χ1v) is 14.2. The van der Waals surface area contributed by atoms with Crippen molar-refractivity contribution in [1.29, 1.82) is 0 Å². The third-order valence-corrected chi connectivity index (χ3v) is 6.28. The number of non-ortho nitro benzene ring substituents is 1. The number of nitro benzene ring substituents is 1. The normalized spacial score (nSPS) is 19.6. The maximum Gasteiger partial charge on any atom is 0.514 e. The number of nitrogens with zero attached hydrogens (tertiary/aromatic N) is 1. The molecule has 49 heavy (non-hydrogen) atoms. The molecule has 1 heterocycles. The van der Waals surface area contributed by atoms with E-state index in [9.17, 15) is 38.9 Å². The molecule has 0 bridgehead atoms. The van der Waals surface area contributed by atoms with Crippen LogP contribution in [-0.2, 0) is 58.9 Å². The van der Waals surface area contributed by atoms with E-state index in [2.05, 4.69) is 6.58 Å². The number of esters is 5. The Balaban J connectivity index is 1.94. The van der Waals surface area contributed by atoms with Crippen LogP contribution in [0.25, 0.3) is 0 Å². The minimum absolute atomic E-state index is 0.0314. The standard InChI is InChI=1S/C31H31NO17/c1-6-13-42-28(36)22-14-19(15-43-31(38)47-21-10-8-20(9-11-21)32(39)40)7-12-23(22)48-30-27(46-18(4)35)25(45-17(3)34)24(44-16(2)33)26(49-30)29(37)41-5/h6-12,14,24-27,30H,1,13,15H2,2-5H3/t24-,25?,26-,27+,30?/m0/s1. The zero-order chi connectivity index (χ0) is 36.2. The van der Waals surface area contributed by atoms with E-state index in [0.29, 0.717) is 0 Å². The summed E-state index contributed by atoms with van der Waals surface area (Å²) in [5, 5.41) is 10.8. The lowest BCUT2D eigenvalue weighted by Gasteiger charge is -2.43. The molecule has 262 valence electrons. The van der Waals surface area contributed by atoms with Crippen LogP contribution < -0.4 is 9.47 Å². The quantitative estimate of drug-likeness (QED) is 0.0735. The summed E-state index contributed by atoms with van der Waals surface area (Å²) in [4.78, 5) is 84.4. The molecule has 0 N–H and O–H groups in total. The van der Waals surface area contributed by atoms with E-state index in [1.807, 2.05) is 0 Å². The van der Waals surface area contributed by atoms with Crippen LogP contribution in [0.2, 0.25) is 0 Å². The molecule has 18 heteroatoms. The van der Waals surface area contributed by atoms with E-state index in [1.165, 1.54) is 36.4 Å². The molecule has 1 aliphatic heterocycles. The van der Waals surface area contributed by atoms with Gasteiger partial charge in [0, 0.05) is 32.9 Å². The van der Waals surface area contributed by atoms with E-state index in [4.69, 9.17) is 42.6 Å². The van der Waals surface area contributed by atoms with Gasteiger partial charge < -0.3 is 42.6 Å². The van der Waals surface area contributed by atoms with Gasteiger partial charge in [-0.1, -0.05) is 18.7 Å². The van der Waals surface area contributed by atoms with E-state index in [1.54, 1.807) is 0 Å². The van der Waals surface area contributed by atoms with E-state index in [-0.39, 0.29) is 34.9 Å². The second kappa shape index (κ2) is 17.2. The fourth-order valence-electron chi connectivity index (χ4n) is 4.35. The molecule has 0 radical (unpaired) electrons. The van der Waals surface area contributed by atoms with Gasteiger partial charge in [0.25, 0.3) is 5.69 Å². The van der Waals surface area contributed by atoms with Gasteiger partial charge in [-0.2, -0.15) is 0 Å². The third-order valence-electron chi connectivity index (χ3n) is 6.28. The lowest BCUT2D eigenvalue weighted by atomic mass is 9.97. The van der Waals surface area contributed by atoms with Crippen molar-refractivity contribution in [2.75, 3.05) is 13.7 Å². The van der Waals surface area contributed by atoms with Crippen LogP contribution in [0.3, 0.4) is 0 Å². The van der Waals surface area contributed by atoms with Crippen molar-refractivity contribution in [1.82, 2.24) is 0 Å². The summed E-state index contributed by atoms with van der Waals surface area (Å²) in [5.74, 6) is -5.03. The molecule has 18 nitrogen and oxygen atoms in total. The minimum atomic E-state index is -1.78. The van der Waals surface area contributed by atoms with Gasteiger partial charge in [0.1, 0.15) is 30.3 Å². The summed E-state index contributed by atoms with van der Waals surface area (Å²) in [6.07, 6.45) is -8.40. The number of hydrogen-bond acceptors (Lipinski definition) is 17. The molecular formula is C31H31NO17. The fourth-order valence-corrected chi connectivity index (χ4v) is 4.35. The summed E-state index contributed by atoms with van der Waals surface area (Å²) >= 11 is 0. The topological polar surface area (TPSA) is 229 Å². The fraction of sp³-hybridized carbons (Fsp3) is 0.355. The maximum atomic E-state index is 13.1. The molecule has 0 amide bonds. The van der Waals surface area contributed by atoms with Gasteiger partial charge in [-0.3, -0.25) is 24.5 Å². The first kappa shape index (κ1) is 37.4. The van der Waals surface area contributed by atoms with Crippen LogP contribution in [0, 0.1) is 10.1 Å². The molecule has 0 spiro atoms. The second-order valence-electron chi connectivity index (χ2n) is 9.90. The van der Waals surface area contributed by atoms with Gasteiger partial charge in [-0.15, -0.1) is 0 Å². The molecule has 0 aliphatic carbocycles. The zero-order valence-electron chi connectivity index (χ0n) is 26.5. The molecular weight excluding hydrogens is 658 g/mol. The second-order valence-corrected chi connectivity index (χ2v) is 9.90. The lowest BCUT2D eigenvalue weighted by molar-refractivity contribution is -0.384. The number of ether oxygens (including phenoxy) is 9. The Morgan fingerprint density at radius 1 is 0.878 bits per heavy atom.